The molecular weight excluding hydrogens is 427 g/mol. The zero-order valence-corrected chi connectivity index (χ0v) is 17.9. The number of alkyl halides is 3. The summed E-state index contributed by atoms with van der Waals surface area (Å²) in [5, 5.41) is 8.95. The van der Waals surface area contributed by atoms with Crippen LogP contribution < -0.4 is 9.47 Å². The first-order chi connectivity index (χ1) is 15.2. The van der Waals surface area contributed by atoms with Crippen LogP contribution in [0.15, 0.2) is 48.5 Å². The molecule has 9 heteroatoms. The lowest BCUT2D eigenvalue weighted by molar-refractivity contribution is -0.278. The number of carbonyl (C=O) groups is 1. The molecule has 0 radical (unpaired) electrons. The van der Waals surface area contributed by atoms with Crippen LogP contribution in [0, 0.1) is 11.3 Å². The number of nitriles is 1. The molecule has 0 amide bonds. The highest BCUT2D eigenvalue weighted by atomic mass is 19.4. The standard InChI is InChI=1S/C23H24F3NO5/c1-29-19-12-11-16(15-20(19)30-2)14-18(10-7-13-27)32-21(28)22(31-3,23(24,25)26)17-8-5-4-6-9-17/h4-6,8-9,11-12,15,18H,7,10,14H2,1-3H3/t18-,22?/m0/s1. The third-order valence-corrected chi connectivity index (χ3v) is 4.94. The van der Waals surface area contributed by atoms with Crippen LogP contribution in [0.1, 0.15) is 24.0 Å². The van der Waals surface area contributed by atoms with Crippen molar-refractivity contribution in [3.63, 3.8) is 0 Å². The molecule has 2 atom stereocenters. The number of benzene rings is 2. The Bertz CT molecular complexity index is 943. The summed E-state index contributed by atoms with van der Waals surface area (Å²) < 4.78 is 62.8. The van der Waals surface area contributed by atoms with Crippen LogP contribution in [0.5, 0.6) is 11.5 Å². The fraction of sp³-hybridized carbons (Fsp3) is 0.391. The van der Waals surface area contributed by atoms with E-state index < -0.39 is 29.4 Å². The van der Waals surface area contributed by atoms with Crippen molar-refractivity contribution in [2.24, 2.45) is 0 Å². The van der Waals surface area contributed by atoms with Crippen molar-refractivity contribution in [2.75, 3.05) is 21.3 Å². The summed E-state index contributed by atoms with van der Waals surface area (Å²) in [5.74, 6) is -0.704. The summed E-state index contributed by atoms with van der Waals surface area (Å²) in [7, 11) is 3.73. The average Bonchev–Trinajstić information content (AvgIpc) is 2.78. The zero-order valence-electron chi connectivity index (χ0n) is 17.9. The number of carbonyl (C=O) groups excluding carboxylic acids is 1. The third-order valence-electron chi connectivity index (χ3n) is 4.94. The molecule has 0 aromatic heterocycles. The summed E-state index contributed by atoms with van der Waals surface area (Å²) in [6.07, 6.45) is -5.98. The lowest BCUT2D eigenvalue weighted by Gasteiger charge is -2.33. The van der Waals surface area contributed by atoms with E-state index in [4.69, 9.17) is 24.2 Å². The van der Waals surface area contributed by atoms with Gasteiger partial charge in [0, 0.05) is 25.5 Å². The molecule has 0 heterocycles. The predicted molar refractivity (Wildman–Crippen MR) is 109 cm³/mol. The second-order valence-electron chi connectivity index (χ2n) is 6.87. The smallest absolute Gasteiger partial charge is 0.432 e. The van der Waals surface area contributed by atoms with Gasteiger partial charge in [0.15, 0.2) is 11.5 Å². The lowest BCUT2D eigenvalue weighted by atomic mass is 9.92. The van der Waals surface area contributed by atoms with Crippen LogP contribution >= 0.6 is 0 Å². The average molecular weight is 451 g/mol. The van der Waals surface area contributed by atoms with Gasteiger partial charge in [-0.1, -0.05) is 36.4 Å². The summed E-state index contributed by atoms with van der Waals surface area (Å²) in [6, 6.07) is 13.4. The van der Waals surface area contributed by atoms with Crippen molar-refractivity contribution in [2.45, 2.75) is 37.1 Å². The maximum atomic E-state index is 14.1. The van der Waals surface area contributed by atoms with E-state index >= 15 is 0 Å². The topological polar surface area (TPSA) is 77.8 Å². The van der Waals surface area contributed by atoms with Gasteiger partial charge < -0.3 is 18.9 Å². The Kier molecular flexibility index (Phi) is 8.49. The quantitative estimate of drug-likeness (QED) is 0.493. The maximum absolute atomic E-state index is 14.1. The van der Waals surface area contributed by atoms with Gasteiger partial charge in [-0.05, 0) is 24.1 Å². The fourth-order valence-corrected chi connectivity index (χ4v) is 3.32. The van der Waals surface area contributed by atoms with Crippen molar-refractivity contribution < 1.29 is 36.9 Å². The molecule has 0 bridgehead atoms. The van der Waals surface area contributed by atoms with Gasteiger partial charge in [-0.2, -0.15) is 18.4 Å². The van der Waals surface area contributed by atoms with Gasteiger partial charge in [-0.25, -0.2) is 4.79 Å². The maximum Gasteiger partial charge on any atom is 0.432 e. The Morgan fingerprint density at radius 3 is 2.22 bits per heavy atom. The Morgan fingerprint density at radius 1 is 1.03 bits per heavy atom. The Labute approximate surface area is 184 Å². The Hall–Kier alpha value is -3.25. The number of rotatable bonds is 10. The minimum atomic E-state index is -5.08. The first-order valence-corrected chi connectivity index (χ1v) is 9.69. The molecule has 0 fully saturated rings. The number of methoxy groups -OCH3 is 3. The summed E-state index contributed by atoms with van der Waals surface area (Å²) in [4.78, 5) is 12.9. The minimum absolute atomic E-state index is 0.0113. The number of halogens is 3. The van der Waals surface area contributed by atoms with Crippen molar-refractivity contribution in [3.8, 4) is 17.6 Å². The van der Waals surface area contributed by atoms with Crippen LogP contribution in [-0.4, -0.2) is 39.6 Å². The number of hydrogen-bond acceptors (Lipinski definition) is 6. The van der Waals surface area contributed by atoms with E-state index in [0.29, 0.717) is 17.1 Å². The predicted octanol–water partition coefficient (Wildman–Crippen LogP) is 4.57. The molecule has 0 aliphatic heterocycles. The normalized spacial score (nSPS) is 14.0. The number of hydrogen-bond donors (Lipinski definition) is 0. The van der Waals surface area contributed by atoms with Gasteiger partial charge in [0.1, 0.15) is 6.10 Å². The van der Waals surface area contributed by atoms with E-state index in [1.54, 1.807) is 18.2 Å². The van der Waals surface area contributed by atoms with Gasteiger partial charge in [0.05, 0.1) is 20.3 Å². The van der Waals surface area contributed by atoms with Gasteiger partial charge in [-0.15, -0.1) is 0 Å². The van der Waals surface area contributed by atoms with E-state index in [0.717, 1.165) is 19.2 Å². The number of nitrogens with zero attached hydrogens (tertiary/aromatic N) is 1. The molecular formula is C23H24F3NO5. The largest absolute Gasteiger partial charge is 0.493 e. The molecule has 0 aliphatic rings. The van der Waals surface area contributed by atoms with Crippen LogP contribution in [0.4, 0.5) is 13.2 Å². The molecule has 6 nitrogen and oxygen atoms in total. The van der Waals surface area contributed by atoms with Crippen molar-refractivity contribution >= 4 is 5.97 Å². The first-order valence-electron chi connectivity index (χ1n) is 9.69. The molecule has 2 aromatic carbocycles. The Balaban J connectivity index is 2.38. The second-order valence-corrected chi connectivity index (χ2v) is 6.87. The third kappa shape index (κ3) is 5.32. The highest BCUT2D eigenvalue weighted by Gasteiger charge is 2.64. The zero-order chi connectivity index (χ0) is 23.8. The summed E-state index contributed by atoms with van der Waals surface area (Å²) >= 11 is 0. The van der Waals surface area contributed by atoms with Gasteiger partial charge in [0.25, 0.3) is 5.60 Å². The monoisotopic (exact) mass is 451 g/mol. The molecule has 1 unspecified atom stereocenters. The van der Waals surface area contributed by atoms with E-state index in [9.17, 15) is 18.0 Å². The fourth-order valence-electron chi connectivity index (χ4n) is 3.32. The molecule has 2 aromatic rings. The summed E-state index contributed by atoms with van der Waals surface area (Å²) in [5.41, 5.74) is -3.06. The minimum Gasteiger partial charge on any atom is -0.493 e. The molecule has 0 saturated heterocycles. The molecule has 0 spiro atoms. The molecule has 2 rings (SSSR count). The van der Waals surface area contributed by atoms with Crippen LogP contribution in [0.2, 0.25) is 0 Å². The lowest BCUT2D eigenvalue weighted by Crippen LogP contribution is -2.52. The van der Waals surface area contributed by atoms with E-state index in [1.807, 2.05) is 6.07 Å². The van der Waals surface area contributed by atoms with Crippen LogP contribution in [-0.2, 0) is 26.3 Å². The van der Waals surface area contributed by atoms with Crippen molar-refractivity contribution in [1.82, 2.24) is 0 Å². The van der Waals surface area contributed by atoms with Gasteiger partial charge >= 0.3 is 12.1 Å². The number of esters is 1. The highest BCUT2D eigenvalue weighted by Crippen LogP contribution is 2.43. The summed E-state index contributed by atoms with van der Waals surface area (Å²) in [6.45, 7) is 0. The van der Waals surface area contributed by atoms with Crippen molar-refractivity contribution in [3.05, 3.63) is 59.7 Å². The second kappa shape index (κ2) is 10.9. The van der Waals surface area contributed by atoms with Crippen molar-refractivity contribution in [1.29, 1.82) is 5.26 Å². The van der Waals surface area contributed by atoms with E-state index in [-0.39, 0.29) is 19.3 Å². The molecule has 32 heavy (non-hydrogen) atoms. The van der Waals surface area contributed by atoms with Gasteiger partial charge in [-0.3, -0.25) is 0 Å². The van der Waals surface area contributed by atoms with E-state index in [2.05, 4.69) is 0 Å². The van der Waals surface area contributed by atoms with Gasteiger partial charge in [0.2, 0.25) is 0 Å². The molecule has 0 saturated carbocycles. The molecule has 0 aliphatic carbocycles. The van der Waals surface area contributed by atoms with Crippen LogP contribution in [0.3, 0.4) is 0 Å². The molecule has 0 N–H and O–H groups in total. The molecule has 172 valence electrons. The number of ether oxygens (including phenoxy) is 4. The van der Waals surface area contributed by atoms with E-state index in [1.165, 1.54) is 32.4 Å². The SMILES string of the molecule is COc1ccc(C[C@H](CCC#N)OC(=O)C(OC)(c2ccccc2)C(F)(F)F)cc1OC. The first kappa shape index (κ1) is 25.0. The highest BCUT2D eigenvalue weighted by molar-refractivity contribution is 5.82. The Morgan fingerprint density at radius 2 is 1.69 bits per heavy atom. The van der Waals surface area contributed by atoms with Crippen LogP contribution in [0.25, 0.3) is 0 Å².